The van der Waals surface area contributed by atoms with Gasteiger partial charge in [0.1, 0.15) is 0 Å². The highest BCUT2D eigenvalue weighted by atomic mass is 127. The van der Waals surface area contributed by atoms with Crippen molar-refractivity contribution in [3.05, 3.63) is 126 Å². The first kappa shape index (κ1) is 19.1. The van der Waals surface area contributed by atoms with E-state index < -0.39 is 0 Å². The Kier molecular flexibility index (Phi) is 4.67. The van der Waals surface area contributed by atoms with Crippen molar-refractivity contribution in [2.75, 3.05) is 0 Å². The van der Waals surface area contributed by atoms with E-state index in [2.05, 4.69) is 137 Å². The van der Waals surface area contributed by atoms with Crippen LogP contribution in [0.3, 0.4) is 0 Å². The maximum atomic E-state index is 3.86. The topological polar surface area (TPSA) is 0 Å². The molecule has 4 aromatic rings. The third-order valence-corrected chi connectivity index (χ3v) is 7.37. The number of hydrogen-bond donors (Lipinski definition) is 0. The monoisotopic (exact) mass is 550 g/mol. The van der Waals surface area contributed by atoms with Crippen molar-refractivity contribution < 1.29 is 0 Å². The first-order valence-electron chi connectivity index (χ1n) is 9.75. The van der Waals surface area contributed by atoms with Crippen molar-refractivity contribution in [3.8, 4) is 11.1 Å². The first-order valence-corrected chi connectivity index (χ1v) is 11.6. The summed E-state index contributed by atoms with van der Waals surface area (Å²) in [6, 6.07) is 31.6. The Hall–Kier alpha value is -1.91. The minimum atomic E-state index is -0.319. The Morgan fingerprint density at radius 2 is 1.28 bits per heavy atom. The van der Waals surface area contributed by atoms with Crippen LogP contribution in [0.15, 0.2) is 89.4 Å². The maximum absolute atomic E-state index is 3.86. The molecule has 0 heterocycles. The Bertz CT molecular complexity index is 1180. The van der Waals surface area contributed by atoms with E-state index in [1.54, 1.807) is 0 Å². The van der Waals surface area contributed by atoms with Crippen molar-refractivity contribution in [2.45, 2.75) is 19.3 Å². The zero-order valence-corrected chi connectivity index (χ0v) is 20.1. The molecule has 5 rings (SSSR count). The number of aryl methyl sites for hydroxylation is 2. The van der Waals surface area contributed by atoms with E-state index in [-0.39, 0.29) is 5.41 Å². The highest BCUT2D eigenvalue weighted by molar-refractivity contribution is 14.1. The standard InChI is InChI=1S/C27H20BrI/c1-17-6-10-19(11-7-17)27(20-12-8-18(2)9-13-20)23-15-14-21(29)16-22(23)26-24(27)4-3-5-25(26)28/h3-16H,1-2H3. The van der Waals surface area contributed by atoms with Crippen LogP contribution >= 0.6 is 38.5 Å². The van der Waals surface area contributed by atoms with Gasteiger partial charge in [0, 0.05) is 13.6 Å². The van der Waals surface area contributed by atoms with Crippen molar-refractivity contribution in [1.82, 2.24) is 0 Å². The summed E-state index contributed by atoms with van der Waals surface area (Å²) < 4.78 is 2.41. The predicted molar refractivity (Wildman–Crippen MR) is 134 cm³/mol. The molecule has 0 saturated heterocycles. The van der Waals surface area contributed by atoms with Gasteiger partial charge in [0.05, 0.1) is 5.41 Å². The fourth-order valence-electron chi connectivity index (χ4n) is 4.70. The van der Waals surface area contributed by atoms with Crippen molar-refractivity contribution in [1.29, 1.82) is 0 Å². The van der Waals surface area contributed by atoms with Crippen molar-refractivity contribution >= 4 is 38.5 Å². The van der Waals surface area contributed by atoms with Crippen LogP contribution in [-0.4, -0.2) is 0 Å². The molecule has 0 bridgehead atoms. The molecule has 0 spiro atoms. The summed E-state index contributed by atoms with van der Waals surface area (Å²) in [6.07, 6.45) is 0. The van der Waals surface area contributed by atoms with Crippen LogP contribution in [0.1, 0.15) is 33.4 Å². The molecule has 1 aliphatic carbocycles. The Balaban J connectivity index is 1.97. The largest absolute Gasteiger partial charge is 0.0713 e. The van der Waals surface area contributed by atoms with Gasteiger partial charge >= 0.3 is 0 Å². The number of benzene rings is 4. The fraction of sp³-hybridized carbons (Fsp3) is 0.111. The number of halogens is 2. The van der Waals surface area contributed by atoms with E-state index in [0.29, 0.717) is 0 Å². The van der Waals surface area contributed by atoms with Gasteiger partial charge in [0.15, 0.2) is 0 Å². The van der Waals surface area contributed by atoms with E-state index in [1.807, 2.05) is 0 Å². The zero-order chi connectivity index (χ0) is 20.2. The van der Waals surface area contributed by atoms with E-state index in [9.17, 15) is 0 Å². The molecular weight excluding hydrogens is 531 g/mol. The van der Waals surface area contributed by atoms with E-state index in [4.69, 9.17) is 0 Å². The minimum Gasteiger partial charge on any atom is -0.0608 e. The lowest BCUT2D eigenvalue weighted by Gasteiger charge is -2.34. The van der Waals surface area contributed by atoms with Gasteiger partial charge in [-0.05, 0) is 82.5 Å². The minimum absolute atomic E-state index is 0.319. The summed E-state index contributed by atoms with van der Waals surface area (Å²) in [5.74, 6) is 0. The van der Waals surface area contributed by atoms with Gasteiger partial charge < -0.3 is 0 Å². The maximum Gasteiger partial charge on any atom is 0.0713 e. The van der Waals surface area contributed by atoms with Crippen LogP contribution in [0.25, 0.3) is 11.1 Å². The molecule has 0 saturated carbocycles. The predicted octanol–water partition coefficient (Wildman–Crippen LogP) is 8.03. The number of rotatable bonds is 2. The Morgan fingerprint density at radius 3 is 1.86 bits per heavy atom. The molecule has 0 nitrogen and oxygen atoms in total. The first-order chi connectivity index (χ1) is 14.0. The average molecular weight is 551 g/mol. The van der Waals surface area contributed by atoms with Crippen molar-refractivity contribution in [2.24, 2.45) is 0 Å². The van der Waals surface area contributed by atoms with Gasteiger partial charge in [0.25, 0.3) is 0 Å². The number of hydrogen-bond acceptors (Lipinski definition) is 0. The molecule has 29 heavy (non-hydrogen) atoms. The van der Waals surface area contributed by atoms with Gasteiger partial charge in [-0.1, -0.05) is 93.8 Å². The van der Waals surface area contributed by atoms with E-state index in [1.165, 1.54) is 48.1 Å². The second kappa shape index (κ2) is 7.10. The van der Waals surface area contributed by atoms with Gasteiger partial charge in [-0.2, -0.15) is 0 Å². The van der Waals surface area contributed by atoms with Gasteiger partial charge in [0.2, 0.25) is 0 Å². The third-order valence-electron chi connectivity index (χ3n) is 6.04. The van der Waals surface area contributed by atoms with Gasteiger partial charge in [-0.3, -0.25) is 0 Å². The SMILES string of the molecule is Cc1ccc(C2(c3ccc(C)cc3)c3ccc(I)cc3-c3c(Br)cccc32)cc1. The molecule has 0 amide bonds. The second-order valence-corrected chi connectivity index (χ2v) is 9.93. The van der Waals surface area contributed by atoms with E-state index in [0.717, 1.165) is 4.47 Å². The third kappa shape index (κ3) is 2.83. The normalized spacial score (nSPS) is 13.8. The summed E-state index contributed by atoms with van der Waals surface area (Å²) in [5, 5.41) is 0. The smallest absolute Gasteiger partial charge is 0.0608 e. The Morgan fingerprint density at radius 1 is 0.690 bits per heavy atom. The summed E-state index contributed by atoms with van der Waals surface area (Å²) in [5.41, 5.74) is 10.2. The molecule has 0 atom stereocenters. The summed E-state index contributed by atoms with van der Waals surface area (Å²) in [6.45, 7) is 4.30. The molecule has 0 N–H and O–H groups in total. The highest BCUT2D eigenvalue weighted by Crippen LogP contribution is 2.57. The summed E-state index contributed by atoms with van der Waals surface area (Å²) >= 11 is 6.28. The lowest BCUT2D eigenvalue weighted by molar-refractivity contribution is 0.767. The molecule has 2 heteroatoms. The summed E-state index contributed by atoms with van der Waals surface area (Å²) in [7, 11) is 0. The quantitative estimate of drug-likeness (QED) is 0.195. The molecule has 142 valence electrons. The average Bonchev–Trinajstić information content (AvgIpc) is 3.01. The van der Waals surface area contributed by atoms with E-state index >= 15 is 0 Å². The van der Waals surface area contributed by atoms with Crippen molar-refractivity contribution in [3.63, 3.8) is 0 Å². The molecule has 0 aliphatic heterocycles. The molecule has 0 fully saturated rings. The molecular formula is C27H20BrI. The lowest BCUT2D eigenvalue weighted by Crippen LogP contribution is -2.28. The fourth-order valence-corrected chi connectivity index (χ4v) is 5.77. The zero-order valence-electron chi connectivity index (χ0n) is 16.3. The van der Waals surface area contributed by atoms with Crippen LogP contribution in [0.4, 0.5) is 0 Å². The lowest BCUT2D eigenvalue weighted by atomic mass is 9.67. The van der Waals surface area contributed by atoms with Crippen LogP contribution in [0, 0.1) is 17.4 Å². The summed E-state index contributed by atoms with van der Waals surface area (Å²) in [4.78, 5) is 0. The second-order valence-electron chi connectivity index (χ2n) is 7.83. The molecule has 4 aromatic carbocycles. The van der Waals surface area contributed by atoms with Crippen LogP contribution < -0.4 is 0 Å². The van der Waals surface area contributed by atoms with Crippen LogP contribution in [0.5, 0.6) is 0 Å². The molecule has 0 aromatic heterocycles. The molecule has 0 radical (unpaired) electrons. The highest BCUT2D eigenvalue weighted by Gasteiger charge is 2.46. The Labute approximate surface area is 194 Å². The molecule has 1 aliphatic rings. The number of fused-ring (bicyclic) bond motifs is 3. The molecule has 0 unspecified atom stereocenters. The van der Waals surface area contributed by atoms with Crippen LogP contribution in [0.2, 0.25) is 0 Å². The van der Waals surface area contributed by atoms with Crippen LogP contribution in [-0.2, 0) is 5.41 Å². The van der Waals surface area contributed by atoms with Gasteiger partial charge in [-0.25, -0.2) is 0 Å². The van der Waals surface area contributed by atoms with Gasteiger partial charge in [-0.15, -0.1) is 0 Å².